The van der Waals surface area contributed by atoms with Crippen LogP contribution in [0.5, 0.6) is 0 Å². The molecule has 0 bridgehead atoms. The largest absolute Gasteiger partial charge is 0.418 e. The molecule has 102 valence electrons. The minimum absolute atomic E-state index is 0.00955. The van der Waals surface area contributed by atoms with Gasteiger partial charge in [-0.05, 0) is 17.7 Å². The van der Waals surface area contributed by atoms with Gasteiger partial charge in [0.05, 0.1) is 17.7 Å². The Bertz CT molecular complexity index is 513. The van der Waals surface area contributed by atoms with Crippen molar-refractivity contribution in [2.75, 3.05) is 18.0 Å². The van der Waals surface area contributed by atoms with Gasteiger partial charge in [-0.1, -0.05) is 17.2 Å². The van der Waals surface area contributed by atoms with Crippen molar-refractivity contribution in [2.45, 2.75) is 18.3 Å². The van der Waals surface area contributed by atoms with E-state index in [0.717, 1.165) is 6.07 Å². The summed E-state index contributed by atoms with van der Waals surface area (Å²) in [4.78, 5) is 3.97. The van der Waals surface area contributed by atoms with Crippen LogP contribution < -0.4 is 4.90 Å². The number of aliphatic hydroxyl groups is 1. The molecule has 1 aliphatic heterocycles. The normalized spacial score (nSPS) is 23.3. The van der Waals surface area contributed by atoms with Crippen LogP contribution in [0.25, 0.3) is 10.4 Å². The first kappa shape index (κ1) is 13.5. The zero-order valence-corrected chi connectivity index (χ0v) is 9.75. The molecule has 2 rings (SSSR count). The van der Waals surface area contributed by atoms with Gasteiger partial charge in [0.2, 0.25) is 0 Å². The molecule has 5 nitrogen and oxygen atoms in total. The number of azide groups is 1. The molecule has 0 saturated carbocycles. The minimum atomic E-state index is -4.46. The molecule has 1 saturated heterocycles. The molecule has 0 amide bonds. The molecule has 0 radical (unpaired) electrons. The van der Waals surface area contributed by atoms with Gasteiger partial charge in [0.1, 0.15) is 0 Å². The van der Waals surface area contributed by atoms with Crippen molar-refractivity contribution in [2.24, 2.45) is 5.11 Å². The molecule has 1 aliphatic rings. The molecule has 0 aliphatic carbocycles. The summed E-state index contributed by atoms with van der Waals surface area (Å²) in [5, 5.41) is 13.0. The van der Waals surface area contributed by atoms with Crippen LogP contribution in [0.3, 0.4) is 0 Å². The molecule has 1 heterocycles. The summed E-state index contributed by atoms with van der Waals surface area (Å²) in [6, 6.07) is 4.41. The van der Waals surface area contributed by atoms with Gasteiger partial charge in [-0.15, -0.1) is 0 Å². The Morgan fingerprint density at radius 3 is 2.63 bits per heavy atom. The Kier molecular flexibility index (Phi) is 3.55. The Morgan fingerprint density at radius 1 is 1.32 bits per heavy atom. The summed E-state index contributed by atoms with van der Waals surface area (Å²) >= 11 is 0. The zero-order chi connectivity index (χ0) is 14.0. The van der Waals surface area contributed by atoms with E-state index >= 15 is 0 Å². The van der Waals surface area contributed by atoms with E-state index in [9.17, 15) is 18.3 Å². The van der Waals surface area contributed by atoms with Crippen LogP contribution in [0.2, 0.25) is 0 Å². The fourth-order valence-electron chi connectivity index (χ4n) is 2.14. The molecule has 1 fully saturated rings. The van der Waals surface area contributed by atoms with Gasteiger partial charge in [0, 0.05) is 23.7 Å². The number of nitrogens with zero attached hydrogens (tertiary/aromatic N) is 4. The van der Waals surface area contributed by atoms with Gasteiger partial charge in [0.25, 0.3) is 0 Å². The van der Waals surface area contributed by atoms with E-state index in [-0.39, 0.29) is 18.8 Å². The summed E-state index contributed by atoms with van der Waals surface area (Å²) in [7, 11) is 0. The van der Waals surface area contributed by atoms with Gasteiger partial charge in [0.15, 0.2) is 0 Å². The summed E-state index contributed by atoms with van der Waals surface area (Å²) in [6.07, 6.45) is -5.42. The second-order valence-electron chi connectivity index (χ2n) is 4.26. The molecule has 1 aromatic carbocycles. The minimum Gasteiger partial charge on any atom is -0.391 e. The molecule has 0 unspecified atom stereocenters. The van der Waals surface area contributed by atoms with Gasteiger partial charge >= 0.3 is 6.18 Å². The highest BCUT2D eigenvalue weighted by Gasteiger charge is 2.38. The van der Waals surface area contributed by atoms with Crippen LogP contribution in [-0.2, 0) is 6.18 Å². The first-order valence-corrected chi connectivity index (χ1v) is 5.57. The van der Waals surface area contributed by atoms with Crippen LogP contribution in [0.1, 0.15) is 5.56 Å². The van der Waals surface area contributed by atoms with Crippen molar-refractivity contribution in [3.8, 4) is 0 Å². The fourth-order valence-corrected chi connectivity index (χ4v) is 2.14. The summed E-state index contributed by atoms with van der Waals surface area (Å²) < 4.78 is 38.6. The van der Waals surface area contributed by atoms with Crippen LogP contribution in [-0.4, -0.2) is 30.3 Å². The van der Waals surface area contributed by atoms with Crippen LogP contribution >= 0.6 is 0 Å². The Hall–Kier alpha value is -1.92. The van der Waals surface area contributed by atoms with Crippen LogP contribution in [0, 0.1) is 0 Å². The highest BCUT2D eigenvalue weighted by atomic mass is 19.4. The molecule has 0 spiro atoms. The number of halogens is 3. The number of alkyl halides is 3. The topological polar surface area (TPSA) is 72.2 Å². The van der Waals surface area contributed by atoms with Crippen LogP contribution in [0.4, 0.5) is 18.9 Å². The van der Waals surface area contributed by atoms with Crippen molar-refractivity contribution in [1.29, 1.82) is 0 Å². The van der Waals surface area contributed by atoms with Gasteiger partial charge in [-0.25, -0.2) is 0 Å². The molecular formula is C11H11F3N4O. The van der Waals surface area contributed by atoms with Crippen LogP contribution in [0.15, 0.2) is 29.4 Å². The second kappa shape index (κ2) is 4.99. The number of aliphatic hydroxyl groups excluding tert-OH is 1. The van der Waals surface area contributed by atoms with Crippen molar-refractivity contribution >= 4 is 5.69 Å². The number of para-hydroxylation sites is 1. The molecule has 0 aromatic heterocycles. The summed E-state index contributed by atoms with van der Waals surface area (Å²) in [5.74, 6) is 0. The van der Waals surface area contributed by atoms with E-state index in [4.69, 9.17) is 5.53 Å². The standard InChI is InChI=1S/C11H11F3N4O/c12-11(13,14)7-3-1-2-4-9(7)18-5-8(16-17-15)10(19)6-18/h1-4,8,10,19H,5-6H2/t8-,10-/m1/s1. The monoisotopic (exact) mass is 272 g/mol. The highest BCUT2D eigenvalue weighted by molar-refractivity contribution is 5.56. The molecule has 19 heavy (non-hydrogen) atoms. The number of anilines is 1. The van der Waals surface area contributed by atoms with Crippen molar-refractivity contribution in [1.82, 2.24) is 0 Å². The smallest absolute Gasteiger partial charge is 0.391 e. The lowest BCUT2D eigenvalue weighted by Gasteiger charge is -2.22. The number of hydrogen-bond donors (Lipinski definition) is 1. The van der Waals surface area contributed by atoms with E-state index in [1.165, 1.54) is 23.1 Å². The molecule has 1 N–H and O–H groups in total. The average molecular weight is 272 g/mol. The maximum atomic E-state index is 12.9. The Labute approximate surface area is 106 Å². The lowest BCUT2D eigenvalue weighted by Crippen LogP contribution is -2.24. The van der Waals surface area contributed by atoms with E-state index in [2.05, 4.69) is 10.0 Å². The predicted octanol–water partition coefficient (Wildman–Crippen LogP) is 2.57. The summed E-state index contributed by atoms with van der Waals surface area (Å²) in [5.41, 5.74) is 7.56. The van der Waals surface area contributed by atoms with E-state index in [1.54, 1.807) is 0 Å². The maximum absolute atomic E-state index is 12.9. The van der Waals surface area contributed by atoms with Crippen molar-refractivity contribution in [3.05, 3.63) is 40.3 Å². The predicted molar refractivity (Wildman–Crippen MR) is 62.6 cm³/mol. The van der Waals surface area contributed by atoms with Crippen molar-refractivity contribution in [3.63, 3.8) is 0 Å². The zero-order valence-electron chi connectivity index (χ0n) is 9.75. The lowest BCUT2D eigenvalue weighted by molar-refractivity contribution is -0.137. The van der Waals surface area contributed by atoms with E-state index in [1.807, 2.05) is 0 Å². The number of β-amino-alcohol motifs (C(OH)–C–C–N with tert-alkyl or cyclic N) is 1. The molecule has 1 aromatic rings. The third-order valence-electron chi connectivity index (χ3n) is 3.01. The Morgan fingerprint density at radius 2 is 2.00 bits per heavy atom. The first-order valence-electron chi connectivity index (χ1n) is 5.57. The average Bonchev–Trinajstić information content (AvgIpc) is 2.70. The van der Waals surface area contributed by atoms with Gasteiger partial charge in [-0.3, -0.25) is 0 Å². The number of hydrogen-bond acceptors (Lipinski definition) is 3. The number of benzene rings is 1. The van der Waals surface area contributed by atoms with Gasteiger partial charge in [-0.2, -0.15) is 13.2 Å². The van der Waals surface area contributed by atoms with E-state index < -0.39 is 23.9 Å². The SMILES string of the molecule is [N-]=[N+]=N[C@@H]1CN(c2ccccc2C(F)(F)F)C[C@H]1O. The fraction of sp³-hybridized carbons (Fsp3) is 0.455. The molecular weight excluding hydrogens is 261 g/mol. The first-order chi connectivity index (χ1) is 8.93. The molecule has 8 heteroatoms. The number of rotatable bonds is 2. The third-order valence-corrected chi connectivity index (χ3v) is 3.01. The maximum Gasteiger partial charge on any atom is 0.418 e. The van der Waals surface area contributed by atoms with E-state index in [0.29, 0.717) is 0 Å². The quantitative estimate of drug-likeness (QED) is 0.510. The Balaban J connectivity index is 2.32. The molecule has 2 atom stereocenters. The van der Waals surface area contributed by atoms with Gasteiger partial charge < -0.3 is 10.0 Å². The summed E-state index contributed by atoms with van der Waals surface area (Å²) in [6.45, 7) is 0.0785. The third kappa shape index (κ3) is 2.74. The van der Waals surface area contributed by atoms with Crippen molar-refractivity contribution < 1.29 is 18.3 Å². The second-order valence-corrected chi connectivity index (χ2v) is 4.26. The lowest BCUT2D eigenvalue weighted by atomic mass is 10.1. The highest BCUT2D eigenvalue weighted by Crippen LogP contribution is 2.37.